The van der Waals surface area contributed by atoms with E-state index in [9.17, 15) is 10.2 Å². The standard InChI is InChI=1S/C26H36ClN3O2/c27-21-8-5-9-22(16-21)29-14-12-28(13-15-29)17-19-6-1-2-7-20(19)18-30-25(31)23-10-3-4-11-24(23)26(30)32/h5,8-9,16,19-20,31-32H,1-4,6-7,10-15,17-18H2. The first kappa shape index (κ1) is 22.0. The second-order valence-corrected chi connectivity index (χ2v) is 10.4. The Kier molecular flexibility index (Phi) is 6.56. The highest BCUT2D eigenvalue weighted by Gasteiger charge is 2.32. The van der Waals surface area contributed by atoms with Gasteiger partial charge in [-0.3, -0.25) is 9.47 Å². The molecular formula is C26H36ClN3O2. The lowest BCUT2D eigenvalue weighted by molar-refractivity contribution is 0.130. The first-order chi connectivity index (χ1) is 15.6. The molecule has 1 aliphatic heterocycles. The minimum absolute atomic E-state index is 0.330. The normalized spacial score (nSPS) is 24.5. The Morgan fingerprint density at radius 1 is 0.812 bits per heavy atom. The number of halogens is 1. The summed E-state index contributed by atoms with van der Waals surface area (Å²) in [6, 6.07) is 8.17. The van der Waals surface area contributed by atoms with Crippen LogP contribution < -0.4 is 4.90 Å². The molecule has 0 bridgehead atoms. The lowest BCUT2D eigenvalue weighted by Gasteiger charge is -2.40. The maximum absolute atomic E-state index is 10.8. The Bertz CT molecular complexity index is 906. The van der Waals surface area contributed by atoms with Crippen LogP contribution in [0.15, 0.2) is 24.3 Å². The number of rotatable bonds is 5. The fourth-order valence-corrected chi connectivity index (χ4v) is 6.38. The molecule has 5 nitrogen and oxygen atoms in total. The lowest BCUT2D eigenvalue weighted by atomic mass is 9.78. The Hall–Kier alpha value is -1.85. The maximum atomic E-state index is 10.8. The second kappa shape index (κ2) is 9.56. The van der Waals surface area contributed by atoms with Crippen molar-refractivity contribution in [1.29, 1.82) is 0 Å². The third-order valence-corrected chi connectivity index (χ3v) is 8.28. The van der Waals surface area contributed by atoms with Crippen LogP contribution in [-0.2, 0) is 19.4 Å². The second-order valence-electron chi connectivity index (χ2n) is 9.99. The van der Waals surface area contributed by atoms with Crippen LogP contribution in [-0.4, -0.2) is 52.4 Å². The Morgan fingerprint density at radius 2 is 1.44 bits per heavy atom. The van der Waals surface area contributed by atoms with Gasteiger partial charge in [0.15, 0.2) is 11.8 Å². The van der Waals surface area contributed by atoms with E-state index < -0.39 is 0 Å². The molecule has 1 aromatic heterocycles. The summed E-state index contributed by atoms with van der Waals surface area (Å²) in [6.07, 6.45) is 9.00. The fraction of sp³-hybridized carbons (Fsp3) is 0.615. The molecule has 1 saturated heterocycles. The molecule has 32 heavy (non-hydrogen) atoms. The zero-order valence-electron chi connectivity index (χ0n) is 19.0. The van der Waals surface area contributed by atoms with Gasteiger partial charge in [0.2, 0.25) is 0 Å². The van der Waals surface area contributed by atoms with Crippen LogP contribution in [0.25, 0.3) is 0 Å². The number of nitrogens with zero attached hydrogens (tertiary/aromatic N) is 3. The zero-order chi connectivity index (χ0) is 22.1. The average Bonchev–Trinajstić information content (AvgIpc) is 3.06. The monoisotopic (exact) mass is 457 g/mol. The molecule has 2 atom stereocenters. The van der Waals surface area contributed by atoms with Crippen molar-refractivity contribution in [2.75, 3.05) is 37.6 Å². The summed E-state index contributed by atoms with van der Waals surface area (Å²) in [4.78, 5) is 5.05. The molecule has 2 unspecified atom stereocenters. The van der Waals surface area contributed by atoms with E-state index in [1.807, 2.05) is 16.7 Å². The molecular weight excluding hydrogens is 422 g/mol. The summed E-state index contributed by atoms with van der Waals surface area (Å²) >= 11 is 6.18. The number of aromatic nitrogens is 1. The molecule has 2 aromatic rings. The number of anilines is 1. The van der Waals surface area contributed by atoms with E-state index in [1.54, 1.807) is 0 Å². The summed E-state index contributed by atoms with van der Waals surface area (Å²) in [6.45, 7) is 6.08. The molecule has 3 aliphatic rings. The van der Waals surface area contributed by atoms with Gasteiger partial charge in [-0.1, -0.05) is 30.5 Å². The molecule has 1 saturated carbocycles. The molecule has 2 fully saturated rings. The minimum Gasteiger partial charge on any atom is -0.494 e. The van der Waals surface area contributed by atoms with Gasteiger partial charge < -0.3 is 15.1 Å². The summed E-state index contributed by atoms with van der Waals surface area (Å²) in [5.74, 6) is 1.80. The van der Waals surface area contributed by atoms with Crippen molar-refractivity contribution in [3.8, 4) is 11.8 Å². The van der Waals surface area contributed by atoms with Crippen LogP contribution >= 0.6 is 11.6 Å². The highest BCUT2D eigenvalue weighted by Crippen LogP contribution is 2.41. The van der Waals surface area contributed by atoms with Gasteiger partial charge in [0, 0.05) is 61.1 Å². The highest BCUT2D eigenvalue weighted by molar-refractivity contribution is 6.30. The van der Waals surface area contributed by atoms with Crippen LogP contribution in [0, 0.1) is 11.8 Å². The Balaban J connectivity index is 1.22. The van der Waals surface area contributed by atoms with E-state index in [1.165, 1.54) is 31.4 Å². The van der Waals surface area contributed by atoms with Crippen molar-refractivity contribution in [3.05, 3.63) is 40.4 Å². The van der Waals surface area contributed by atoms with E-state index >= 15 is 0 Å². The average molecular weight is 458 g/mol. The van der Waals surface area contributed by atoms with Gasteiger partial charge in [0.05, 0.1) is 0 Å². The van der Waals surface area contributed by atoms with Crippen LogP contribution in [0.3, 0.4) is 0 Å². The SMILES string of the molecule is Oc1c2c(c(O)n1CC1CCCCC1CN1CCN(c3cccc(Cl)c3)CC1)CCCC2. The molecule has 0 amide bonds. The molecule has 2 aliphatic carbocycles. The summed E-state index contributed by atoms with van der Waals surface area (Å²) < 4.78 is 1.83. The maximum Gasteiger partial charge on any atom is 0.197 e. The van der Waals surface area contributed by atoms with Crippen molar-refractivity contribution < 1.29 is 10.2 Å². The van der Waals surface area contributed by atoms with Crippen LogP contribution in [0.4, 0.5) is 5.69 Å². The third-order valence-electron chi connectivity index (χ3n) is 8.04. The van der Waals surface area contributed by atoms with E-state index in [0.29, 0.717) is 23.6 Å². The van der Waals surface area contributed by atoms with E-state index in [-0.39, 0.29) is 0 Å². The molecule has 1 aromatic carbocycles. The molecule has 6 heteroatoms. The predicted octanol–water partition coefficient (Wildman–Crippen LogP) is 5.06. The van der Waals surface area contributed by atoms with E-state index in [4.69, 9.17) is 11.6 Å². The van der Waals surface area contributed by atoms with Crippen molar-refractivity contribution in [1.82, 2.24) is 9.47 Å². The summed E-state index contributed by atoms with van der Waals surface area (Å²) in [7, 11) is 0. The number of piperazine rings is 1. The lowest BCUT2D eigenvalue weighted by Crippen LogP contribution is -2.48. The molecule has 5 rings (SSSR count). The number of hydrogen-bond acceptors (Lipinski definition) is 4. The first-order valence-electron chi connectivity index (χ1n) is 12.4. The first-order valence-corrected chi connectivity index (χ1v) is 12.8. The fourth-order valence-electron chi connectivity index (χ4n) is 6.19. The number of hydrogen-bond donors (Lipinski definition) is 2. The van der Waals surface area contributed by atoms with Gasteiger partial charge in [0.25, 0.3) is 0 Å². The minimum atomic E-state index is 0.330. The largest absolute Gasteiger partial charge is 0.494 e. The molecule has 2 heterocycles. The highest BCUT2D eigenvalue weighted by atomic mass is 35.5. The number of aromatic hydroxyl groups is 2. The van der Waals surface area contributed by atoms with Gasteiger partial charge in [-0.15, -0.1) is 0 Å². The Morgan fingerprint density at radius 3 is 2.06 bits per heavy atom. The van der Waals surface area contributed by atoms with E-state index in [2.05, 4.69) is 21.9 Å². The quantitative estimate of drug-likeness (QED) is 0.658. The number of benzene rings is 1. The predicted molar refractivity (Wildman–Crippen MR) is 130 cm³/mol. The smallest absolute Gasteiger partial charge is 0.197 e. The van der Waals surface area contributed by atoms with Crippen LogP contribution in [0.5, 0.6) is 11.8 Å². The van der Waals surface area contributed by atoms with Gasteiger partial charge in [-0.05, 0) is 68.6 Å². The molecule has 0 radical (unpaired) electrons. The van der Waals surface area contributed by atoms with Gasteiger partial charge in [0.1, 0.15) is 0 Å². The summed E-state index contributed by atoms with van der Waals surface area (Å²) in [5.41, 5.74) is 3.21. The van der Waals surface area contributed by atoms with Crippen LogP contribution in [0.2, 0.25) is 5.02 Å². The topological polar surface area (TPSA) is 51.9 Å². The summed E-state index contributed by atoms with van der Waals surface area (Å²) in [5, 5.41) is 22.5. The third kappa shape index (κ3) is 4.47. The van der Waals surface area contributed by atoms with Crippen molar-refractivity contribution in [2.24, 2.45) is 11.8 Å². The van der Waals surface area contributed by atoms with Gasteiger partial charge in [-0.25, -0.2) is 0 Å². The van der Waals surface area contributed by atoms with Gasteiger partial charge >= 0.3 is 0 Å². The van der Waals surface area contributed by atoms with Crippen molar-refractivity contribution in [3.63, 3.8) is 0 Å². The molecule has 2 N–H and O–H groups in total. The van der Waals surface area contributed by atoms with Gasteiger partial charge in [-0.2, -0.15) is 0 Å². The Labute approximate surface area is 196 Å². The van der Waals surface area contributed by atoms with Crippen molar-refractivity contribution >= 4 is 17.3 Å². The van der Waals surface area contributed by atoms with Crippen LogP contribution in [0.1, 0.15) is 49.7 Å². The zero-order valence-corrected chi connectivity index (χ0v) is 19.7. The molecule has 0 spiro atoms. The number of fused-ring (bicyclic) bond motifs is 1. The van der Waals surface area contributed by atoms with Crippen molar-refractivity contribution in [2.45, 2.75) is 57.9 Å². The van der Waals surface area contributed by atoms with E-state index in [0.717, 1.165) is 81.1 Å². The molecule has 174 valence electrons.